The van der Waals surface area contributed by atoms with E-state index in [1.807, 2.05) is 91.0 Å². The number of hydrogen-bond donors (Lipinski definition) is 1. The lowest BCUT2D eigenvalue weighted by Gasteiger charge is -2.37. The summed E-state index contributed by atoms with van der Waals surface area (Å²) in [6, 6.07) is 28.5. The normalized spacial score (nSPS) is 25.4. The Morgan fingerprint density at radius 2 is 1.25 bits per heavy atom. The largest absolute Gasteiger partial charge is 0.447 e. The molecule has 3 aromatic rings. The third-order valence-corrected chi connectivity index (χ3v) is 6.67. The molecule has 0 unspecified atom stereocenters. The zero-order valence-corrected chi connectivity index (χ0v) is 20.0. The fourth-order valence-electron chi connectivity index (χ4n) is 4.92. The maximum absolute atomic E-state index is 12.9. The summed E-state index contributed by atoms with van der Waals surface area (Å²) in [5.74, 6) is 0. The number of aliphatic hydroxyl groups is 1. The second-order valence-corrected chi connectivity index (χ2v) is 9.13. The van der Waals surface area contributed by atoms with Gasteiger partial charge in [0.1, 0.15) is 24.9 Å². The topological polar surface area (TPSA) is 77.5 Å². The molecule has 188 valence electrons. The van der Waals surface area contributed by atoms with Crippen LogP contribution in [0.4, 0.5) is 4.79 Å². The molecule has 0 aromatic heterocycles. The van der Waals surface area contributed by atoms with Gasteiger partial charge >= 0.3 is 6.09 Å². The molecule has 5 atom stereocenters. The van der Waals surface area contributed by atoms with Crippen LogP contribution in [-0.2, 0) is 38.8 Å². The summed E-state index contributed by atoms with van der Waals surface area (Å²) in [7, 11) is 0. The fraction of sp³-hybridized carbons (Fsp3) is 0.345. The molecule has 0 aliphatic carbocycles. The van der Waals surface area contributed by atoms with E-state index in [1.165, 1.54) is 0 Å². The molecule has 5 rings (SSSR count). The second-order valence-electron chi connectivity index (χ2n) is 9.13. The highest BCUT2D eigenvalue weighted by molar-refractivity contribution is 5.70. The maximum atomic E-state index is 12.9. The first kappa shape index (κ1) is 24.5. The van der Waals surface area contributed by atoms with Crippen molar-refractivity contribution in [2.75, 3.05) is 13.2 Å². The first-order valence-corrected chi connectivity index (χ1v) is 12.3. The molecule has 0 spiro atoms. The number of benzene rings is 3. The van der Waals surface area contributed by atoms with Crippen molar-refractivity contribution in [3.63, 3.8) is 0 Å². The Morgan fingerprint density at radius 3 is 1.81 bits per heavy atom. The number of fused-ring (bicyclic) bond motifs is 1. The van der Waals surface area contributed by atoms with Gasteiger partial charge in [-0.25, -0.2) is 4.79 Å². The minimum Gasteiger partial charge on any atom is -0.447 e. The van der Waals surface area contributed by atoms with Crippen LogP contribution in [0.15, 0.2) is 91.0 Å². The van der Waals surface area contributed by atoms with Crippen LogP contribution in [0.5, 0.6) is 0 Å². The molecular formula is C29H31NO6. The van der Waals surface area contributed by atoms with Gasteiger partial charge in [0.15, 0.2) is 0 Å². The molecule has 1 N–H and O–H groups in total. The highest BCUT2D eigenvalue weighted by Crippen LogP contribution is 2.36. The van der Waals surface area contributed by atoms with E-state index in [0.717, 1.165) is 16.7 Å². The van der Waals surface area contributed by atoms with E-state index in [2.05, 4.69) is 0 Å². The Kier molecular flexibility index (Phi) is 7.93. The summed E-state index contributed by atoms with van der Waals surface area (Å²) >= 11 is 0. The summed E-state index contributed by atoms with van der Waals surface area (Å²) < 4.78 is 24.2. The smallest absolute Gasteiger partial charge is 0.410 e. The van der Waals surface area contributed by atoms with Gasteiger partial charge in [-0.15, -0.1) is 0 Å². The molecule has 0 bridgehead atoms. The van der Waals surface area contributed by atoms with Gasteiger partial charge in [0.2, 0.25) is 0 Å². The summed E-state index contributed by atoms with van der Waals surface area (Å²) in [6.07, 6.45) is -2.46. The Labute approximate surface area is 211 Å². The van der Waals surface area contributed by atoms with Gasteiger partial charge in [0.05, 0.1) is 38.5 Å². The first-order chi connectivity index (χ1) is 17.7. The highest BCUT2D eigenvalue weighted by atomic mass is 16.6. The third-order valence-electron chi connectivity index (χ3n) is 6.67. The van der Waals surface area contributed by atoms with Crippen LogP contribution in [-0.4, -0.2) is 59.7 Å². The molecule has 2 fully saturated rings. The van der Waals surface area contributed by atoms with Gasteiger partial charge in [0, 0.05) is 0 Å². The van der Waals surface area contributed by atoms with Gasteiger partial charge in [-0.3, -0.25) is 4.90 Å². The third kappa shape index (κ3) is 5.60. The monoisotopic (exact) mass is 489 g/mol. The van der Waals surface area contributed by atoms with Crippen LogP contribution in [0, 0.1) is 0 Å². The van der Waals surface area contributed by atoms with Gasteiger partial charge in [-0.1, -0.05) is 91.0 Å². The quantitative estimate of drug-likeness (QED) is 0.465. The van der Waals surface area contributed by atoms with Crippen molar-refractivity contribution in [1.82, 2.24) is 4.90 Å². The lowest BCUT2D eigenvalue weighted by Crippen LogP contribution is -2.56. The number of ether oxygens (including phenoxy) is 4. The van der Waals surface area contributed by atoms with Crippen molar-refractivity contribution >= 4 is 6.09 Å². The first-order valence-electron chi connectivity index (χ1n) is 12.3. The average Bonchev–Trinajstić information content (AvgIpc) is 3.24. The lowest BCUT2D eigenvalue weighted by molar-refractivity contribution is -0.104. The molecule has 7 nitrogen and oxygen atoms in total. The van der Waals surface area contributed by atoms with Crippen molar-refractivity contribution in [2.24, 2.45) is 0 Å². The van der Waals surface area contributed by atoms with Gasteiger partial charge < -0.3 is 24.1 Å². The van der Waals surface area contributed by atoms with Crippen molar-refractivity contribution < 1.29 is 28.8 Å². The van der Waals surface area contributed by atoms with Crippen molar-refractivity contribution in [3.05, 3.63) is 108 Å². The molecule has 2 saturated heterocycles. The second kappa shape index (κ2) is 11.7. The van der Waals surface area contributed by atoms with E-state index in [-0.39, 0.29) is 13.2 Å². The molecule has 0 saturated carbocycles. The standard InChI is InChI=1S/C29H31NO6/c31-25-20-36-29(32)30-24(19-33-16-21-10-4-1-5-11-21)27(34-17-22-12-6-2-7-13-22)28(26(25)30)35-18-23-14-8-3-9-15-23/h1-15,24-28,31H,16-20H2/t24-,25-,26-,27-,28-/m0/s1. The van der Waals surface area contributed by atoms with Crippen LogP contribution >= 0.6 is 0 Å². The number of carbonyl (C=O) groups is 1. The van der Waals surface area contributed by atoms with Gasteiger partial charge in [0.25, 0.3) is 0 Å². The molecule has 36 heavy (non-hydrogen) atoms. The number of cyclic esters (lactones) is 1. The average molecular weight is 490 g/mol. The highest BCUT2D eigenvalue weighted by Gasteiger charge is 2.57. The maximum Gasteiger partial charge on any atom is 0.410 e. The Bertz CT molecular complexity index is 1100. The van der Waals surface area contributed by atoms with Crippen molar-refractivity contribution in [1.29, 1.82) is 0 Å². The van der Waals surface area contributed by atoms with Crippen LogP contribution < -0.4 is 0 Å². The molecule has 7 heteroatoms. The van der Waals surface area contributed by atoms with E-state index < -0.39 is 36.5 Å². The molecule has 0 radical (unpaired) electrons. The predicted molar refractivity (Wildman–Crippen MR) is 133 cm³/mol. The Hall–Kier alpha value is -3.23. The summed E-state index contributed by atoms with van der Waals surface area (Å²) in [5, 5.41) is 10.9. The van der Waals surface area contributed by atoms with Crippen molar-refractivity contribution in [3.8, 4) is 0 Å². The SMILES string of the molecule is O=C1OC[C@H](O)[C@H]2[C@H](OCc3ccccc3)[C@@H](OCc3ccccc3)[C@H](COCc3ccccc3)N12. The van der Waals surface area contributed by atoms with Gasteiger partial charge in [-0.2, -0.15) is 0 Å². The Morgan fingerprint density at radius 1 is 0.750 bits per heavy atom. The van der Waals surface area contributed by atoms with Crippen LogP contribution in [0.3, 0.4) is 0 Å². The van der Waals surface area contributed by atoms with Gasteiger partial charge in [-0.05, 0) is 16.7 Å². The molecule has 2 aliphatic rings. The van der Waals surface area contributed by atoms with E-state index in [4.69, 9.17) is 18.9 Å². The summed E-state index contributed by atoms with van der Waals surface area (Å²) in [5.41, 5.74) is 3.05. The van der Waals surface area contributed by atoms with Crippen molar-refractivity contribution in [2.45, 2.75) is 50.2 Å². The van der Waals surface area contributed by atoms with E-state index >= 15 is 0 Å². The zero-order chi connectivity index (χ0) is 24.7. The number of carbonyl (C=O) groups excluding carboxylic acids is 1. The number of aliphatic hydroxyl groups excluding tert-OH is 1. The number of nitrogens with zero attached hydrogens (tertiary/aromatic N) is 1. The lowest BCUT2D eigenvalue weighted by atomic mass is 10.0. The molecule has 2 aliphatic heterocycles. The molecule has 1 amide bonds. The Balaban J connectivity index is 1.38. The summed E-state index contributed by atoms with van der Waals surface area (Å²) in [4.78, 5) is 14.5. The summed E-state index contributed by atoms with van der Waals surface area (Å²) in [6.45, 7) is 1.22. The van der Waals surface area contributed by atoms with Crippen LogP contribution in [0.1, 0.15) is 16.7 Å². The number of hydrogen-bond acceptors (Lipinski definition) is 6. The minimum absolute atomic E-state index is 0.0752. The zero-order valence-electron chi connectivity index (χ0n) is 20.0. The molecular weight excluding hydrogens is 458 g/mol. The molecule has 2 heterocycles. The van der Waals surface area contributed by atoms with E-state index in [0.29, 0.717) is 19.8 Å². The minimum atomic E-state index is -0.898. The fourth-order valence-corrected chi connectivity index (χ4v) is 4.92. The van der Waals surface area contributed by atoms with Crippen LogP contribution in [0.25, 0.3) is 0 Å². The van der Waals surface area contributed by atoms with E-state index in [1.54, 1.807) is 4.90 Å². The molecule has 3 aromatic carbocycles. The predicted octanol–water partition coefficient (Wildman–Crippen LogP) is 3.94. The van der Waals surface area contributed by atoms with Crippen LogP contribution in [0.2, 0.25) is 0 Å². The van der Waals surface area contributed by atoms with E-state index in [9.17, 15) is 9.90 Å². The number of rotatable bonds is 10. The number of amides is 1.